The van der Waals surface area contributed by atoms with Crippen molar-refractivity contribution in [2.75, 3.05) is 18.6 Å². The van der Waals surface area contributed by atoms with Crippen LogP contribution in [0.2, 0.25) is 0 Å². The minimum atomic E-state index is -1.13. The fourth-order valence-electron chi connectivity index (χ4n) is 5.43. The molecule has 2 aliphatic heterocycles. The van der Waals surface area contributed by atoms with Crippen molar-refractivity contribution in [3.63, 3.8) is 0 Å². The standard InChI is InChI=1S/C27H23N3O3/c1-27-24-23(19-13-6-8-14-21(19)28-24)20(18-12-7-9-15-22(18)33-2)16-29(27)26(32)30(25(27)31)17-10-4-3-5-11-17/h3-15,20,28H,16H2,1-2H3/t20?,27-/m0/s1. The number of ether oxygens (including phenoxy) is 1. The number of aromatic nitrogens is 1. The lowest BCUT2D eigenvalue weighted by Crippen LogP contribution is -2.50. The molecule has 6 rings (SSSR count). The van der Waals surface area contributed by atoms with Crippen LogP contribution in [0.15, 0.2) is 78.9 Å². The van der Waals surface area contributed by atoms with E-state index in [1.54, 1.807) is 24.1 Å². The molecular weight excluding hydrogens is 414 g/mol. The zero-order valence-electron chi connectivity index (χ0n) is 18.4. The third-order valence-corrected chi connectivity index (χ3v) is 7.06. The van der Waals surface area contributed by atoms with E-state index in [9.17, 15) is 9.59 Å². The van der Waals surface area contributed by atoms with E-state index in [2.05, 4.69) is 11.1 Å². The molecule has 1 N–H and O–H groups in total. The molecule has 4 aromatic rings. The lowest BCUT2D eigenvalue weighted by atomic mass is 9.78. The topological polar surface area (TPSA) is 65.6 Å². The lowest BCUT2D eigenvalue weighted by molar-refractivity contribution is -0.125. The van der Waals surface area contributed by atoms with Gasteiger partial charge in [-0.05, 0) is 36.8 Å². The average molecular weight is 437 g/mol. The Bertz CT molecular complexity index is 1410. The molecule has 33 heavy (non-hydrogen) atoms. The van der Waals surface area contributed by atoms with Crippen molar-refractivity contribution < 1.29 is 14.3 Å². The highest BCUT2D eigenvalue weighted by atomic mass is 16.5. The highest BCUT2D eigenvalue weighted by molar-refractivity contribution is 6.23. The Hall–Kier alpha value is -4.06. The normalized spacial score (nSPS) is 21.9. The summed E-state index contributed by atoms with van der Waals surface area (Å²) < 4.78 is 5.69. The summed E-state index contributed by atoms with van der Waals surface area (Å²) in [6.45, 7) is 2.22. The van der Waals surface area contributed by atoms with Crippen LogP contribution in [0.3, 0.4) is 0 Å². The van der Waals surface area contributed by atoms with Gasteiger partial charge in [0.25, 0.3) is 5.91 Å². The molecule has 3 heterocycles. The number of carbonyl (C=O) groups is 2. The summed E-state index contributed by atoms with van der Waals surface area (Å²) in [6.07, 6.45) is 0. The van der Waals surface area contributed by atoms with Crippen molar-refractivity contribution in [1.29, 1.82) is 0 Å². The summed E-state index contributed by atoms with van der Waals surface area (Å²) in [7, 11) is 1.66. The van der Waals surface area contributed by atoms with Gasteiger partial charge in [0, 0.05) is 28.9 Å². The number of H-pyrrole nitrogens is 1. The summed E-state index contributed by atoms with van der Waals surface area (Å²) in [5.74, 6) is 0.373. The maximum Gasteiger partial charge on any atom is 0.332 e. The second-order valence-corrected chi connectivity index (χ2v) is 8.70. The molecule has 0 bridgehead atoms. The molecule has 164 valence electrons. The molecule has 1 saturated heterocycles. The Balaban J connectivity index is 1.61. The van der Waals surface area contributed by atoms with Gasteiger partial charge in [-0.2, -0.15) is 0 Å². The maximum atomic E-state index is 13.9. The van der Waals surface area contributed by atoms with Crippen molar-refractivity contribution in [2.45, 2.75) is 18.4 Å². The van der Waals surface area contributed by atoms with E-state index in [0.29, 0.717) is 12.2 Å². The first kappa shape index (κ1) is 19.6. The molecule has 0 aliphatic carbocycles. The number of hydrogen-bond donors (Lipinski definition) is 1. The number of nitrogens with one attached hydrogen (secondary N) is 1. The second-order valence-electron chi connectivity index (χ2n) is 8.70. The molecule has 3 amide bonds. The van der Waals surface area contributed by atoms with Gasteiger partial charge in [0.15, 0.2) is 5.54 Å². The number of methoxy groups -OCH3 is 1. The zero-order chi connectivity index (χ0) is 22.7. The largest absolute Gasteiger partial charge is 0.496 e. The van der Waals surface area contributed by atoms with Gasteiger partial charge in [-0.1, -0.05) is 54.6 Å². The van der Waals surface area contributed by atoms with Crippen molar-refractivity contribution in [1.82, 2.24) is 9.88 Å². The summed E-state index contributed by atoms with van der Waals surface area (Å²) in [4.78, 5) is 34.1. The van der Waals surface area contributed by atoms with E-state index in [-0.39, 0.29) is 17.9 Å². The predicted octanol–water partition coefficient (Wildman–Crippen LogP) is 5.01. The number of anilines is 1. The number of imide groups is 1. The highest BCUT2D eigenvalue weighted by Gasteiger charge is 2.60. The highest BCUT2D eigenvalue weighted by Crippen LogP contribution is 2.51. The van der Waals surface area contributed by atoms with Crippen molar-refractivity contribution >= 4 is 28.5 Å². The number of rotatable bonds is 3. The van der Waals surface area contributed by atoms with Crippen LogP contribution in [0.25, 0.3) is 10.9 Å². The molecule has 0 spiro atoms. The van der Waals surface area contributed by atoms with Crippen LogP contribution in [0.1, 0.15) is 29.7 Å². The van der Waals surface area contributed by atoms with Crippen molar-refractivity contribution in [2.24, 2.45) is 0 Å². The SMILES string of the molecule is COc1ccccc1C1CN2C(=O)N(c3ccccc3)C(=O)[C@]2(C)c2[nH]c3ccccc3c21. The van der Waals surface area contributed by atoms with E-state index >= 15 is 0 Å². The molecule has 3 aromatic carbocycles. The van der Waals surface area contributed by atoms with Crippen LogP contribution in [0.5, 0.6) is 5.75 Å². The zero-order valence-corrected chi connectivity index (χ0v) is 18.4. The summed E-state index contributed by atoms with van der Waals surface area (Å²) in [5, 5.41) is 1.06. The van der Waals surface area contributed by atoms with Gasteiger partial charge in [-0.15, -0.1) is 0 Å². The molecule has 6 nitrogen and oxygen atoms in total. The van der Waals surface area contributed by atoms with Gasteiger partial charge < -0.3 is 14.6 Å². The van der Waals surface area contributed by atoms with Crippen LogP contribution in [-0.2, 0) is 10.3 Å². The Kier molecular flexibility index (Phi) is 4.14. The quantitative estimate of drug-likeness (QED) is 0.459. The summed E-state index contributed by atoms with van der Waals surface area (Å²) >= 11 is 0. The molecule has 6 heteroatoms. The van der Waals surface area contributed by atoms with Crippen LogP contribution >= 0.6 is 0 Å². The average Bonchev–Trinajstić information content (AvgIpc) is 3.34. The Morgan fingerprint density at radius 1 is 0.939 bits per heavy atom. The molecule has 2 aliphatic rings. The molecule has 0 radical (unpaired) electrons. The summed E-state index contributed by atoms with van der Waals surface area (Å²) in [5.41, 5.74) is 3.21. The number of fused-ring (bicyclic) bond motifs is 5. The van der Waals surface area contributed by atoms with Gasteiger partial charge in [-0.3, -0.25) is 4.79 Å². The number of hydrogen-bond acceptors (Lipinski definition) is 3. The second kappa shape index (κ2) is 6.97. The molecule has 0 saturated carbocycles. The molecule has 2 atom stereocenters. The maximum absolute atomic E-state index is 13.9. The lowest BCUT2D eigenvalue weighted by Gasteiger charge is -2.40. The van der Waals surface area contributed by atoms with E-state index < -0.39 is 5.54 Å². The first-order valence-electron chi connectivity index (χ1n) is 11.0. The van der Waals surface area contributed by atoms with Crippen molar-refractivity contribution in [3.05, 3.63) is 95.7 Å². The van der Waals surface area contributed by atoms with E-state index in [0.717, 1.165) is 33.5 Å². The Morgan fingerprint density at radius 2 is 1.64 bits per heavy atom. The number of amides is 3. The van der Waals surface area contributed by atoms with E-state index in [1.807, 2.05) is 67.6 Å². The monoisotopic (exact) mass is 437 g/mol. The van der Waals surface area contributed by atoms with Gasteiger partial charge in [0.2, 0.25) is 0 Å². The smallest absolute Gasteiger partial charge is 0.332 e. The minimum absolute atomic E-state index is 0.146. The third-order valence-electron chi connectivity index (χ3n) is 7.06. The predicted molar refractivity (Wildman–Crippen MR) is 127 cm³/mol. The fourth-order valence-corrected chi connectivity index (χ4v) is 5.43. The first-order valence-corrected chi connectivity index (χ1v) is 11.0. The Labute approximate surface area is 191 Å². The molecule has 1 aromatic heterocycles. The molecule has 1 unspecified atom stereocenters. The van der Waals surface area contributed by atoms with E-state index in [4.69, 9.17) is 4.74 Å². The molecular formula is C27H23N3O3. The Morgan fingerprint density at radius 3 is 2.42 bits per heavy atom. The van der Waals surface area contributed by atoms with Crippen LogP contribution in [-0.4, -0.2) is 35.5 Å². The number of aromatic amines is 1. The number of para-hydroxylation sites is 3. The van der Waals surface area contributed by atoms with Crippen LogP contribution in [0, 0.1) is 0 Å². The number of urea groups is 1. The molecule has 1 fully saturated rings. The van der Waals surface area contributed by atoms with Crippen LogP contribution < -0.4 is 9.64 Å². The van der Waals surface area contributed by atoms with Gasteiger partial charge in [-0.25, -0.2) is 9.69 Å². The first-order chi connectivity index (χ1) is 16.1. The van der Waals surface area contributed by atoms with Gasteiger partial charge in [0.05, 0.1) is 18.5 Å². The van der Waals surface area contributed by atoms with Crippen LogP contribution in [0.4, 0.5) is 10.5 Å². The minimum Gasteiger partial charge on any atom is -0.496 e. The number of benzene rings is 3. The number of nitrogens with zero attached hydrogens (tertiary/aromatic N) is 2. The summed E-state index contributed by atoms with van der Waals surface area (Å²) in [6, 6.07) is 24.8. The van der Waals surface area contributed by atoms with Crippen molar-refractivity contribution in [3.8, 4) is 5.75 Å². The fraction of sp³-hybridized carbons (Fsp3) is 0.185. The van der Waals surface area contributed by atoms with Gasteiger partial charge >= 0.3 is 6.03 Å². The number of carbonyl (C=O) groups excluding carboxylic acids is 2. The third kappa shape index (κ3) is 2.55. The van der Waals surface area contributed by atoms with E-state index in [1.165, 1.54) is 4.90 Å². The van der Waals surface area contributed by atoms with Gasteiger partial charge in [0.1, 0.15) is 5.75 Å².